The van der Waals surface area contributed by atoms with Gasteiger partial charge >= 0.3 is 6.03 Å². The maximum absolute atomic E-state index is 12.0. The quantitative estimate of drug-likeness (QED) is 0.890. The van der Waals surface area contributed by atoms with Gasteiger partial charge < -0.3 is 10.6 Å². The summed E-state index contributed by atoms with van der Waals surface area (Å²) >= 11 is 0. The van der Waals surface area contributed by atoms with Crippen molar-refractivity contribution in [3.05, 3.63) is 65.5 Å². The molecule has 22 heavy (non-hydrogen) atoms. The van der Waals surface area contributed by atoms with E-state index in [0.717, 1.165) is 17.5 Å². The van der Waals surface area contributed by atoms with Crippen molar-refractivity contribution in [2.24, 2.45) is 0 Å². The lowest BCUT2D eigenvalue weighted by atomic mass is 10.1. The fraction of sp³-hybridized carbons (Fsp3) is 0.235. The van der Waals surface area contributed by atoms with Crippen molar-refractivity contribution < 1.29 is 4.79 Å². The van der Waals surface area contributed by atoms with Crippen LogP contribution in [0.1, 0.15) is 36.1 Å². The Hall–Kier alpha value is -2.87. The molecule has 2 rings (SSSR count). The number of urea groups is 1. The first kappa shape index (κ1) is 15.5. The van der Waals surface area contributed by atoms with Gasteiger partial charge in [0.1, 0.15) is 0 Å². The first-order valence-corrected chi connectivity index (χ1v) is 7.16. The van der Waals surface area contributed by atoms with E-state index < -0.39 is 0 Å². The molecule has 1 aromatic heterocycles. The van der Waals surface area contributed by atoms with Crippen molar-refractivity contribution in [2.45, 2.75) is 25.9 Å². The van der Waals surface area contributed by atoms with Crippen molar-refractivity contribution in [3.63, 3.8) is 0 Å². The third kappa shape index (κ3) is 4.32. The van der Waals surface area contributed by atoms with Gasteiger partial charge in [0.05, 0.1) is 17.7 Å². The number of nitrogens with zero attached hydrogens (tertiary/aromatic N) is 2. The number of hydrogen-bond donors (Lipinski definition) is 2. The van der Waals surface area contributed by atoms with Crippen LogP contribution >= 0.6 is 0 Å². The van der Waals surface area contributed by atoms with Gasteiger partial charge in [-0.1, -0.05) is 19.1 Å². The zero-order chi connectivity index (χ0) is 15.8. The molecule has 2 N–H and O–H groups in total. The van der Waals surface area contributed by atoms with E-state index in [4.69, 9.17) is 5.26 Å². The summed E-state index contributed by atoms with van der Waals surface area (Å²) in [5, 5.41) is 14.6. The summed E-state index contributed by atoms with van der Waals surface area (Å²) in [5.41, 5.74) is 2.51. The van der Waals surface area contributed by atoms with Crippen LogP contribution in [0, 0.1) is 11.3 Å². The molecular weight excluding hydrogens is 276 g/mol. The molecule has 0 spiro atoms. The number of amides is 2. The number of carbonyl (C=O) groups is 1. The molecule has 0 saturated carbocycles. The minimum atomic E-state index is -0.231. The summed E-state index contributed by atoms with van der Waals surface area (Å²) in [4.78, 5) is 16.0. The van der Waals surface area contributed by atoms with Crippen LogP contribution in [-0.4, -0.2) is 11.0 Å². The molecule has 0 aliphatic rings. The average molecular weight is 294 g/mol. The number of hydrogen-bond acceptors (Lipinski definition) is 3. The molecule has 1 atom stereocenters. The van der Waals surface area contributed by atoms with E-state index in [1.54, 1.807) is 30.6 Å². The average Bonchev–Trinajstić information content (AvgIpc) is 2.58. The Kier molecular flexibility index (Phi) is 5.50. The zero-order valence-corrected chi connectivity index (χ0v) is 12.4. The lowest BCUT2D eigenvalue weighted by Gasteiger charge is -2.17. The molecule has 0 aliphatic heterocycles. The molecular formula is C17H18N4O. The summed E-state index contributed by atoms with van der Waals surface area (Å²) < 4.78 is 0. The van der Waals surface area contributed by atoms with Crippen LogP contribution in [0.5, 0.6) is 0 Å². The molecule has 5 heteroatoms. The first-order chi connectivity index (χ1) is 10.7. The summed E-state index contributed by atoms with van der Waals surface area (Å²) in [7, 11) is 0. The van der Waals surface area contributed by atoms with Gasteiger partial charge in [0, 0.05) is 18.9 Å². The fourth-order valence-electron chi connectivity index (χ4n) is 2.16. The van der Waals surface area contributed by atoms with Crippen LogP contribution in [0.15, 0.2) is 48.8 Å². The lowest BCUT2D eigenvalue weighted by molar-refractivity contribution is 0.236. The number of carbonyl (C=O) groups excluding carboxylic acids is 1. The third-order valence-electron chi connectivity index (χ3n) is 3.33. The normalized spacial score (nSPS) is 11.3. The number of benzene rings is 1. The van der Waals surface area contributed by atoms with E-state index in [2.05, 4.69) is 21.7 Å². The number of pyridine rings is 1. The molecule has 0 aliphatic carbocycles. The monoisotopic (exact) mass is 294 g/mol. The molecule has 2 amide bonds. The molecule has 0 bridgehead atoms. The lowest BCUT2D eigenvalue weighted by Crippen LogP contribution is -2.37. The predicted octanol–water partition coefficient (Wildman–Crippen LogP) is 2.90. The van der Waals surface area contributed by atoms with E-state index in [1.807, 2.05) is 25.1 Å². The van der Waals surface area contributed by atoms with Gasteiger partial charge in [-0.25, -0.2) is 4.79 Å². The Bertz CT molecular complexity index is 664. The van der Waals surface area contributed by atoms with Gasteiger partial charge in [-0.3, -0.25) is 4.98 Å². The van der Waals surface area contributed by atoms with Crippen LogP contribution in [0.2, 0.25) is 0 Å². The second-order valence-electron chi connectivity index (χ2n) is 4.88. The van der Waals surface area contributed by atoms with Gasteiger partial charge in [0.15, 0.2) is 0 Å². The second kappa shape index (κ2) is 7.79. The van der Waals surface area contributed by atoms with Crippen molar-refractivity contribution >= 4 is 6.03 Å². The topological polar surface area (TPSA) is 77.8 Å². The Morgan fingerprint density at radius 1 is 1.32 bits per heavy atom. The molecule has 1 unspecified atom stereocenters. The minimum absolute atomic E-state index is 0.0477. The van der Waals surface area contributed by atoms with Crippen LogP contribution in [0.25, 0.3) is 0 Å². The summed E-state index contributed by atoms with van der Waals surface area (Å²) in [6.07, 6.45) is 4.22. The molecule has 1 aromatic carbocycles. The minimum Gasteiger partial charge on any atom is -0.334 e. The Balaban J connectivity index is 1.91. The maximum atomic E-state index is 12.0. The Labute approximate surface area is 130 Å². The fourth-order valence-corrected chi connectivity index (χ4v) is 2.16. The van der Waals surface area contributed by atoms with Gasteiger partial charge in [-0.2, -0.15) is 5.26 Å². The molecule has 1 heterocycles. The Morgan fingerprint density at radius 2 is 2.09 bits per heavy atom. The predicted molar refractivity (Wildman–Crippen MR) is 83.8 cm³/mol. The number of rotatable bonds is 5. The number of aromatic nitrogens is 1. The second-order valence-corrected chi connectivity index (χ2v) is 4.88. The molecule has 5 nitrogen and oxygen atoms in total. The largest absolute Gasteiger partial charge is 0.334 e. The molecule has 112 valence electrons. The SMILES string of the molecule is CCC(NC(=O)NCc1cccc(C#N)c1)c1ccncc1. The number of nitriles is 1. The molecule has 0 saturated heterocycles. The standard InChI is InChI=1S/C17H18N4O/c1-2-16(15-6-8-19-9-7-15)21-17(22)20-12-14-5-3-4-13(10-14)11-18/h3-10,16H,2,12H2,1H3,(H2,20,21,22). The highest BCUT2D eigenvalue weighted by atomic mass is 16.2. The summed E-state index contributed by atoms with van der Waals surface area (Å²) in [6.45, 7) is 2.40. The molecule has 0 fully saturated rings. The van der Waals surface area contributed by atoms with Gasteiger partial charge in [-0.15, -0.1) is 0 Å². The van der Waals surface area contributed by atoms with Crippen molar-refractivity contribution in [2.75, 3.05) is 0 Å². The third-order valence-corrected chi connectivity index (χ3v) is 3.33. The maximum Gasteiger partial charge on any atom is 0.315 e. The van der Waals surface area contributed by atoms with Crippen LogP contribution in [0.4, 0.5) is 4.79 Å². The first-order valence-electron chi connectivity index (χ1n) is 7.16. The van der Waals surface area contributed by atoms with Crippen molar-refractivity contribution in [1.82, 2.24) is 15.6 Å². The van der Waals surface area contributed by atoms with Gasteiger partial charge in [-0.05, 0) is 41.8 Å². The van der Waals surface area contributed by atoms with E-state index in [-0.39, 0.29) is 12.1 Å². The van der Waals surface area contributed by atoms with Crippen LogP contribution < -0.4 is 10.6 Å². The molecule has 0 radical (unpaired) electrons. The van der Waals surface area contributed by atoms with E-state index >= 15 is 0 Å². The smallest absolute Gasteiger partial charge is 0.315 e. The summed E-state index contributed by atoms with van der Waals surface area (Å²) in [5.74, 6) is 0. The van der Waals surface area contributed by atoms with Crippen molar-refractivity contribution in [3.8, 4) is 6.07 Å². The van der Waals surface area contributed by atoms with Gasteiger partial charge in [0.2, 0.25) is 0 Å². The Morgan fingerprint density at radius 3 is 2.77 bits per heavy atom. The summed E-state index contributed by atoms with van der Waals surface area (Å²) in [6, 6.07) is 12.8. The highest BCUT2D eigenvalue weighted by Crippen LogP contribution is 2.14. The molecule has 2 aromatic rings. The van der Waals surface area contributed by atoms with Crippen LogP contribution in [0.3, 0.4) is 0 Å². The van der Waals surface area contributed by atoms with E-state index in [9.17, 15) is 4.79 Å². The number of nitrogens with one attached hydrogen (secondary N) is 2. The highest BCUT2D eigenvalue weighted by Gasteiger charge is 2.12. The van der Waals surface area contributed by atoms with Crippen molar-refractivity contribution in [1.29, 1.82) is 5.26 Å². The van der Waals surface area contributed by atoms with Gasteiger partial charge in [0.25, 0.3) is 0 Å². The van der Waals surface area contributed by atoms with E-state index in [0.29, 0.717) is 12.1 Å². The van der Waals surface area contributed by atoms with E-state index in [1.165, 1.54) is 0 Å². The zero-order valence-electron chi connectivity index (χ0n) is 12.4. The highest BCUT2D eigenvalue weighted by molar-refractivity contribution is 5.74. The van der Waals surface area contributed by atoms with Crippen LogP contribution in [-0.2, 0) is 6.54 Å².